The number of rotatable bonds is 5. The van der Waals surface area contributed by atoms with E-state index in [1.807, 2.05) is 30.3 Å². The van der Waals surface area contributed by atoms with Crippen LogP contribution in [-0.2, 0) is 11.3 Å². The third-order valence-electron chi connectivity index (χ3n) is 3.24. The Bertz CT molecular complexity index is 615. The number of aliphatic hydroxyl groups is 1. The molecule has 0 heterocycles. The molecule has 5 heteroatoms. The Balaban J connectivity index is 1.85. The van der Waals surface area contributed by atoms with Crippen molar-refractivity contribution in [2.75, 3.05) is 0 Å². The van der Waals surface area contributed by atoms with Gasteiger partial charge in [-0.2, -0.15) is 0 Å². The quantitative estimate of drug-likeness (QED) is 0.793. The van der Waals surface area contributed by atoms with Crippen LogP contribution >= 0.6 is 0 Å². The molecule has 0 unspecified atom stereocenters. The minimum Gasteiger partial charge on any atom is -0.508 e. The fourth-order valence-electron chi connectivity index (χ4n) is 2.03. The standard InChI is InChI=1S/C17H19NO4/c1-12(16(20)14-8-5-9-15(19)10-14)18-17(21)22-11-13-6-3-2-4-7-13/h2-10,12,16,19-20H,11H2,1H3,(H,18,21)/t12-,16-/m0/s1. The molecule has 0 aromatic heterocycles. The molecule has 3 N–H and O–H groups in total. The van der Waals surface area contributed by atoms with Crippen molar-refractivity contribution in [3.63, 3.8) is 0 Å². The first-order valence-electron chi connectivity index (χ1n) is 7.00. The van der Waals surface area contributed by atoms with Gasteiger partial charge >= 0.3 is 6.09 Å². The second-order valence-corrected chi connectivity index (χ2v) is 5.03. The molecule has 0 saturated carbocycles. The summed E-state index contributed by atoms with van der Waals surface area (Å²) in [4.78, 5) is 11.7. The van der Waals surface area contributed by atoms with Crippen LogP contribution in [0.2, 0.25) is 0 Å². The van der Waals surface area contributed by atoms with Gasteiger partial charge in [0.25, 0.3) is 0 Å². The second-order valence-electron chi connectivity index (χ2n) is 5.03. The molecule has 22 heavy (non-hydrogen) atoms. The molecule has 0 aliphatic carbocycles. The summed E-state index contributed by atoms with van der Waals surface area (Å²) in [5.74, 6) is 0.0652. The molecule has 116 valence electrons. The van der Waals surface area contributed by atoms with E-state index in [4.69, 9.17) is 4.74 Å². The number of hydrogen-bond donors (Lipinski definition) is 3. The van der Waals surface area contributed by atoms with Crippen molar-refractivity contribution in [1.29, 1.82) is 0 Å². The maximum atomic E-state index is 11.7. The van der Waals surface area contributed by atoms with Crippen LogP contribution in [0.5, 0.6) is 5.75 Å². The van der Waals surface area contributed by atoms with E-state index < -0.39 is 18.2 Å². The van der Waals surface area contributed by atoms with Crippen LogP contribution in [0, 0.1) is 0 Å². The number of phenolic OH excluding ortho intramolecular Hbond substituents is 1. The molecule has 0 spiro atoms. The van der Waals surface area contributed by atoms with Crippen molar-refractivity contribution in [3.8, 4) is 5.75 Å². The third kappa shape index (κ3) is 4.49. The van der Waals surface area contributed by atoms with Crippen LogP contribution in [0.25, 0.3) is 0 Å². The van der Waals surface area contributed by atoms with Crippen LogP contribution in [-0.4, -0.2) is 22.3 Å². The molecular formula is C17H19NO4. The minimum absolute atomic E-state index is 0.0652. The number of ether oxygens (including phenoxy) is 1. The van der Waals surface area contributed by atoms with Crippen molar-refractivity contribution in [1.82, 2.24) is 5.32 Å². The topological polar surface area (TPSA) is 78.8 Å². The van der Waals surface area contributed by atoms with Gasteiger partial charge in [-0.05, 0) is 30.2 Å². The third-order valence-corrected chi connectivity index (χ3v) is 3.24. The molecule has 2 aromatic rings. The van der Waals surface area contributed by atoms with Gasteiger partial charge in [0.1, 0.15) is 12.4 Å². The smallest absolute Gasteiger partial charge is 0.407 e. The molecular weight excluding hydrogens is 282 g/mol. The van der Waals surface area contributed by atoms with Crippen molar-refractivity contribution < 1.29 is 19.7 Å². The van der Waals surface area contributed by atoms with E-state index in [1.165, 1.54) is 12.1 Å². The van der Waals surface area contributed by atoms with Gasteiger partial charge < -0.3 is 20.3 Å². The van der Waals surface area contributed by atoms with E-state index in [-0.39, 0.29) is 12.4 Å². The molecule has 2 aromatic carbocycles. The molecule has 0 aliphatic heterocycles. The first-order valence-corrected chi connectivity index (χ1v) is 7.00. The lowest BCUT2D eigenvalue weighted by atomic mass is 10.0. The highest BCUT2D eigenvalue weighted by atomic mass is 16.5. The molecule has 0 radical (unpaired) electrons. The number of carbonyl (C=O) groups is 1. The number of nitrogens with one attached hydrogen (secondary N) is 1. The Kier molecular flexibility index (Phi) is 5.38. The summed E-state index contributed by atoms with van der Waals surface area (Å²) in [6.45, 7) is 1.83. The predicted molar refractivity (Wildman–Crippen MR) is 82.3 cm³/mol. The summed E-state index contributed by atoms with van der Waals surface area (Å²) in [7, 11) is 0. The Morgan fingerprint density at radius 1 is 1.18 bits per heavy atom. The number of aliphatic hydroxyl groups excluding tert-OH is 1. The Morgan fingerprint density at radius 3 is 2.59 bits per heavy atom. The van der Waals surface area contributed by atoms with Crippen LogP contribution in [0.4, 0.5) is 4.79 Å². The zero-order valence-corrected chi connectivity index (χ0v) is 12.3. The first kappa shape index (κ1) is 15.9. The fourth-order valence-corrected chi connectivity index (χ4v) is 2.03. The number of alkyl carbamates (subject to hydrolysis) is 1. The predicted octanol–water partition coefficient (Wildman–Crippen LogP) is 2.74. The summed E-state index contributed by atoms with van der Waals surface area (Å²) in [6.07, 6.45) is -1.54. The Morgan fingerprint density at radius 2 is 1.91 bits per heavy atom. The van der Waals surface area contributed by atoms with E-state index in [0.717, 1.165) is 5.56 Å². The van der Waals surface area contributed by atoms with Gasteiger partial charge in [0.2, 0.25) is 0 Å². The maximum Gasteiger partial charge on any atom is 0.407 e. The second kappa shape index (κ2) is 7.47. The average Bonchev–Trinajstić information content (AvgIpc) is 2.53. The summed E-state index contributed by atoms with van der Waals surface area (Å²) in [5, 5.41) is 22.2. The van der Waals surface area contributed by atoms with Gasteiger partial charge in [0.15, 0.2) is 0 Å². The Hall–Kier alpha value is -2.53. The molecule has 0 bridgehead atoms. The van der Waals surface area contributed by atoms with E-state index in [2.05, 4.69) is 5.32 Å². The van der Waals surface area contributed by atoms with Gasteiger partial charge in [-0.25, -0.2) is 4.79 Å². The van der Waals surface area contributed by atoms with Crippen LogP contribution in [0.3, 0.4) is 0 Å². The molecule has 0 saturated heterocycles. The van der Waals surface area contributed by atoms with Crippen LogP contribution < -0.4 is 5.32 Å². The van der Waals surface area contributed by atoms with Crippen LogP contribution in [0.15, 0.2) is 54.6 Å². The maximum absolute atomic E-state index is 11.7. The summed E-state index contributed by atoms with van der Waals surface area (Å²) in [6, 6.07) is 15.1. The molecule has 0 fully saturated rings. The van der Waals surface area contributed by atoms with Crippen molar-refractivity contribution >= 4 is 6.09 Å². The lowest BCUT2D eigenvalue weighted by Gasteiger charge is -2.20. The van der Waals surface area contributed by atoms with E-state index in [0.29, 0.717) is 5.56 Å². The van der Waals surface area contributed by atoms with Gasteiger partial charge in [-0.3, -0.25) is 0 Å². The molecule has 2 rings (SSSR count). The number of aromatic hydroxyl groups is 1. The normalized spacial score (nSPS) is 13.2. The highest BCUT2D eigenvalue weighted by Gasteiger charge is 2.19. The first-order chi connectivity index (χ1) is 10.6. The highest BCUT2D eigenvalue weighted by Crippen LogP contribution is 2.20. The Labute approximate surface area is 129 Å². The number of benzene rings is 2. The summed E-state index contributed by atoms with van der Waals surface area (Å²) >= 11 is 0. The lowest BCUT2D eigenvalue weighted by molar-refractivity contribution is 0.106. The van der Waals surface area contributed by atoms with Gasteiger partial charge in [0, 0.05) is 0 Å². The summed E-state index contributed by atoms with van der Waals surface area (Å²) < 4.78 is 5.10. The zero-order chi connectivity index (χ0) is 15.9. The number of carbonyl (C=O) groups excluding carboxylic acids is 1. The number of hydrogen-bond acceptors (Lipinski definition) is 4. The van der Waals surface area contributed by atoms with E-state index in [1.54, 1.807) is 19.1 Å². The van der Waals surface area contributed by atoms with Gasteiger partial charge in [-0.15, -0.1) is 0 Å². The monoisotopic (exact) mass is 301 g/mol. The molecule has 5 nitrogen and oxygen atoms in total. The molecule has 1 amide bonds. The van der Waals surface area contributed by atoms with Crippen molar-refractivity contribution in [3.05, 3.63) is 65.7 Å². The number of amides is 1. The zero-order valence-electron chi connectivity index (χ0n) is 12.3. The molecule has 2 atom stereocenters. The SMILES string of the molecule is C[C@H](NC(=O)OCc1ccccc1)[C@H](O)c1cccc(O)c1. The van der Waals surface area contributed by atoms with Gasteiger partial charge in [0.05, 0.1) is 12.1 Å². The fraction of sp³-hybridized carbons (Fsp3) is 0.235. The lowest BCUT2D eigenvalue weighted by Crippen LogP contribution is -2.37. The number of phenols is 1. The highest BCUT2D eigenvalue weighted by molar-refractivity contribution is 5.67. The van der Waals surface area contributed by atoms with Crippen LogP contribution in [0.1, 0.15) is 24.2 Å². The van der Waals surface area contributed by atoms with E-state index >= 15 is 0 Å². The van der Waals surface area contributed by atoms with Crippen molar-refractivity contribution in [2.45, 2.75) is 25.7 Å². The molecule has 0 aliphatic rings. The minimum atomic E-state index is -0.934. The average molecular weight is 301 g/mol. The summed E-state index contributed by atoms with van der Waals surface area (Å²) in [5.41, 5.74) is 1.41. The van der Waals surface area contributed by atoms with E-state index in [9.17, 15) is 15.0 Å². The van der Waals surface area contributed by atoms with Crippen molar-refractivity contribution in [2.24, 2.45) is 0 Å². The largest absolute Gasteiger partial charge is 0.508 e. The van der Waals surface area contributed by atoms with Gasteiger partial charge in [-0.1, -0.05) is 42.5 Å².